The van der Waals surface area contributed by atoms with Crippen LogP contribution in [0.1, 0.15) is 42.3 Å². The second-order valence-electron chi connectivity index (χ2n) is 7.45. The van der Waals surface area contributed by atoms with Crippen LogP contribution in [0, 0.1) is 0 Å². The van der Waals surface area contributed by atoms with E-state index >= 15 is 0 Å². The lowest BCUT2D eigenvalue weighted by molar-refractivity contribution is -0.121. The summed E-state index contributed by atoms with van der Waals surface area (Å²) in [7, 11) is 3.23. The van der Waals surface area contributed by atoms with Crippen molar-refractivity contribution < 1.29 is 14.3 Å². The quantitative estimate of drug-likeness (QED) is 0.628. The Morgan fingerprint density at radius 1 is 1.20 bits per heavy atom. The molecule has 1 amide bonds. The van der Waals surface area contributed by atoms with Crippen molar-refractivity contribution >= 4 is 16.8 Å². The fraction of sp³-hybridized carbons (Fsp3) is 0.348. The Morgan fingerprint density at radius 3 is 2.77 bits per heavy atom. The first-order valence-electron chi connectivity index (χ1n) is 10.1. The molecular weight excluding hydrogens is 382 g/mol. The molecule has 7 heteroatoms. The van der Waals surface area contributed by atoms with Crippen molar-refractivity contribution in [2.75, 3.05) is 14.2 Å². The summed E-state index contributed by atoms with van der Waals surface area (Å²) in [6, 6.07) is 11.2. The van der Waals surface area contributed by atoms with Crippen molar-refractivity contribution in [2.45, 2.75) is 38.1 Å². The van der Waals surface area contributed by atoms with Gasteiger partial charge in [0.2, 0.25) is 5.91 Å². The molecule has 156 valence electrons. The fourth-order valence-electron chi connectivity index (χ4n) is 4.02. The predicted octanol–water partition coefficient (Wildman–Crippen LogP) is 3.07. The second-order valence-corrected chi connectivity index (χ2v) is 7.45. The number of benzene rings is 2. The minimum Gasteiger partial charge on any atom is -0.493 e. The number of hydrogen-bond donors (Lipinski definition) is 2. The number of nitrogens with one attached hydrogen (secondary N) is 2. The molecule has 0 fully saturated rings. The number of nitrogens with zero attached hydrogens (tertiary/aromatic N) is 1. The molecule has 0 aliphatic heterocycles. The molecule has 1 unspecified atom stereocenters. The second kappa shape index (κ2) is 8.57. The van der Waals surface area contributed by atoms with Gasteiger partial charge in [-0.05, 0) is 54.7 Å². The molecule has 0 spiro atoms. The van der Waals surface area contributed by atoms with Gasteiger partial charge in [-0.15, -0.1) is 0 Å². The van der Waals surface area contributed by atoms with Gasteiger partial charge in [-0.3, -0.25) is 9.59 Å². The standard InChI is InChI=1S/C23H25N3O4/c1-29-19-12-14-10-11-18(16(14)13-20(19)30-2)25-22(27)9-5-8-21-24-17-7-4-3-6-15(17)23(28)26-21/h3-4,6-7,12-13,18H,5,8-11H2,1-2H3,(H,25,27)(H,24,26,28). The van der Waals surface area contributed by atoms with Crippen LogP contribution >= 0.6 is 0 Å². The van der Waals surface area contributed by atoms with Gasteiger partial charge < -0.3 is 19.8 Å². The minimum absolute atomic E-state index is 0.00855. The Kier molecular flexibility index (Phi) is 5.70. The number of hydrogen-bond acceptors (Lipinski definition) is 5. The number of aryl methyl sites for hydroxylation is 2. The van der Waals surface area contributed by atoms with Crippen LogP contribution in [0.5, 0.6) is 11.5 Å². The Hall–Kier alpha value is -3.35. The van der Waals surface area contributed by atoms with Crippen LogP contribution in [-0.2, 0) is 17.6 Å². The van der Waals surface area contributed by atoms with Crippen molar-refractivity contribution in [1.29, 1.82) is 0 Å². The van der Waals surface area contributed by atoms with E-state index in [-0.39, 0.29) is 17.5 Å². The number of rotatable bonds is 7. The maximum absolute atomic E-state index is 12.5. The van der Waals surface area contributed by atoms with Crippen LogP contribution in [-0.4, -0.2) is 30.1 Å². The van der Waals surface area contributed by atoms with Crippen molar-refractivity contribution in [1.82, 2.24) is 15.3 Å². The zero-order valence-corrected chi connectivity index (χ0v) is 17.2. The van der Waals surface area contributed by atoms with Gasteiger partial charge in [-0.2, -0.15) is 0 Å². The molecule has 0 saturated carbocycles. The number of carbonyl (C=O) groups is 1. The van der Waals surface area contributed by atoms with Gasteiger partial charge in [0.25, 0.3) is 5.56 Å². The minimum atomic E-state index is -0.146. The van der Waals surface area contributed by atoms with Crippen LogP contribution in [0.3, 0.4) is 0 Å². The van der Waals surface area contributed by atoms with Crippen molar-refractivity contribution in [3.8, 4) is 11.5 Å². The molecule has 4 rings (SSSR count). The smallest absolute Gasteiger partial charge is 0.258 e. The first-order chi connectivity index (χ1) is 14.6. The summed E-state index contributed by atoms with van der Waals surface area (Å²) in [5.41, 5.74) is 2.79. The van der Waals surface area contributed by atoms with Crippen LogP contribution in [0.2, 0.25) is 0 Å². The third-order valence-corrected chi connectivity index (χ3v) is 5.54. The molecule has 1 heterocycles. The summed E-state index contributed by atoms with van der Waals surface area (Å²) in [4.78, 5) is 31.9. The van der Waals surface area contributed by atoms with Crippen molar-refractivity contribution in [3.05, 3.63) is 63.7 Å². The van der Waals surface area contributed by atoms with E-state index in [9.17, 15) is 9.59 Å². The van der Waals surface area contributed by atoms with Crippen LogP contribution in [0.4, 0.5) is 0 Å². The predicted molar refractivity (Wildman–Crippen MR) is 114 cm³/mol. The number of methoxy groups -OCH3 is 2. The number of para-hydroxylation sites is 1. The topological polar surface area (TPSA) is 93.3 Å². The number of aromatic nitrogens is 2. The molecule has 30 heavy (non-hydrogen) atoms. The maximum atomic E-state index is 12.5. The number of H-pyrrole nitrogens is 1. The molecule has 7 nitrogen and oxygen atoms in total. The van der Waals surface area contributed by atoms with E-state index in [0.717, 1.165) is 18.4 Å². The van der Waals surface area contributed by atoms with Crippen LogP contribution < -0.4 is 20.3 Å². The highest BCUT2D eigenvalue weighted by Gasteiger charge is 2.26. The first kappa shape index (κ1) is 19.9. The number of ether oxygens (including phenoxy) is 2. The Morgan fingerprint density at radius 2 is 1.97 bits per heavy atom. The number of amides is 1. The Balaban J connectivity index is 1.36. The van der Waals surface area contributed by atoms with Crippen LogP contribution in [0.15, 0.2) is 41.2 Å². The molecule has 1 atom stereocenters. The maximum Gasteiger partial charge on any atom is 0.258 e. The summed E-state index contributed by atoms with van der Waals surface area (Å²) in [5, 5.41) is 3.70. The molecular formula is C23H25N3O4. The number of carbonyl (C=O) groups excluding carboxylic acids is 1. The Bertz CT molecular complexity index is 1140. The molecule has 2 aromatic carbocycles. The third kappa shape index (κ3) is 4.01. The summed E-state index contributed by atoms with van der Waals surface area (Å²) < 4.78 is 10.8. The average Bonchev–Trinajstić information content (AvgIpc) is 3.14. The zero-order chi connectivity index (χ0) is 21.1. The van der Waals surface area contributed by atoms with Gasteiger partial charge >= 0.3 is 0 Å². The van der Waals surface area contributed by atoms with Crippen molar-refractivity contribution in [3.63, 3.8) is 0 Å². The fourth-order valence-corrected chi connectivity index (χ4v) is 4.02. The van der Waals surface area contributed by atoms with E-state index in [2.05, 4.69) is 15.3 Å². The number of fused-ring (bicyclic) bond motifs is 2. The average molecular weight is 407 g/mol. The lowest BCUT2D eigenvalue weighted by Gasteiger charge is -2.16. The lowest BCUT2D eigenvalue weighted by atomic mass is 10.1. The number of aromatic amines is 1. The normalized spacial score (nSPS) is 15.1. The largest absolute Gasteiger partial charge is 0.493 e. The highest BCUT2D eigenvalue weighted by atomic mass is 16.5. The molecule has 3 aromatic rings. The Labute approximate surface area is 174 Å². The molecule has 0 radical (unpaired) electrons. The monoisotopic (exact) mass is 407 g/mol. The van der Waals surface area contributed by atoms with E-state index in [4.69, 9.17) is 9.47 Å². The SMILES string of the molecule is COc1cc2c(cc1OC)C(NC(=O)CCCc1nc3ccccc3c(=O)[nH]1)CC2. The summed E-state index contributed by atoms with van der Waals surface area (Å²) in [6.07, 6.45) is 3.27. The van der Waals surface area contributed by atoms with E-state index in [1.807, 2.05) is 30.3 Å². The molecule has 0 saturated heterocycles. The summed E-state index contributed by atoms with van der Waals surface area (Å²) in [5.74, 6) is 1.98. The van der Waals surface area contributed by atoms with Gasteiger partial charge in [-0.25, -0.2) is 4.98 Å². The van der Waals surface area contributed by atoms with Crippen LogP contribution in [0.25, 0.3) is 10.9 Å². The molecule has 2 N–H and O–H groups in total. The molecule has 1 aliphatic carbocycles. The van der Waals surface area contributed by atoms with E-state index < -0.39 is 0 Å². The van der Waals surface area contributed by atoms with Gasteiger partial charge in [0.05, 0.1) is 31.2 Å². The van der Waals surface area contributed by atoms with E-state index in [0.29, 0.717) is 47.5 Å². The van der Waals surface area contributed by atoms with Gasteiger partial charge in [-0.1, -0.05) is 12.1 Å². The van der Waals surface area contributed by atoms with E-state index in [1.165, 1.54) is 5.56 Å². The lowest BCUT2D eigenvalue weighted by Crippen LogP contribution is -2.27. The highest BCUT2D eigenvalue weighted by molar-refractivity contribution is 5.77. The van der Waals surface area contributed by atoms with Crippen molar-refractivity contribution in [2.24, 2.45) is 0 Å². The third-order valence-electron chi connectivity index (χ3n) is 5.54. The van der Waals surface area contributed by atoms with E-state index in [1.54, 1.807) is 20.3 Å². The zero-order valence-electron chi connectivity index (χ0n) is 17.2. The molecule has 1 aliphatic rings. The molecule has 0 bridgehead atoms. The highest BCUT2D eigenvalue weighted by Crippen LogP contribution is 2.39. The summed E-state index contributed by atoms with van der Waals surface area (Å²) in [6.45, 7) is 0. The van der Waals surface area contributed by atoms with Gasteiger partial charge in [0, 0.05) is 12.8 Å². The summed E-state index contributed by atoms with van der Waals surface area (Å²) >= 11 is 0. The molecule has 1 aromatic heterocycles. The van der Waals surface area contributed by atoms with Gasteiger partial charge in [0.15, 0.2) is 11.5 Å². The van der Waals surface area contributed by atoms with Gasteiger partial charge in [0.1, 0.15) is 5.82 Å². The first-order valence-corrected chi connectivity index (χ1v) is 10.1.